The number of benzene rings is 1. The zero-order chi connectivity index (χ0) is 27.8. The summed E-state index contributed by atoms with van der Waals surface area (Å²) in [6.07, 6.45) is -2.87. The molecular weight excluding hydrogens is 544 g/mol. The summed E-state index contributed by atoms with van der Waals surface area (Å²) in [4.78, 5) is 18.1. The maximum absolute atomic E-state index is 14.4. The molecule has 0 radical (unpaired) electrons. The summed E-state index contributed by atoms with van der Waals surface area (Å²) in [5, 5.41) is 52.6. The Morgan fingerprint density at radius 3 is 2.54 bits per heavy atom. The van der Waals surface area contributed by atoms with Crippen molar-refractivity contribution in [1.82, 2.24) is 19.9 Å². The maximum Gasteiger partial charge on any atom is 0.407 e. The van der Waals surface area contributed by atoms with E-state index in [0.717, 1.165) is 22.5 Å². The molecule has 0 bridgehead atoms. The minimum atomic E-state index is -1.39. The highest BCUT2D eigenvalue weighted by Crippen LogP contribution is 2.35. The number of ether oxygens (including phenoxy) is 1. The second kappa shape index (κ2) is 11.3. The molecule has 2 fully saturated rings. The third kappa shape index (κ3) is 5.57. The fraction of sp³-hybridized carbons (Fsp3) is 0.583. The Morgan fingerprint density at radius 2 is 1.85 bits per heavy atom. The first kappa shape index (κ1) is 27.6. The topological polar surface area (TPSA) is 163 Å². The fourth-order valence-electron chi connectivity index (χ4n) is 5.43. The number of nitrogens with zero attached hydrogens (tertiary/aromatic N) is 5. The molecule has 0 spiro atoms. The lowest BCUT2D eigenvalue weighted by atomic mass is 9.86. The summed E-state index contributed by atoms with van der Waals surface area (Å²) in [6.45, 7) is 0.283. The van der Waals surface area contributed by atoms with Crippen LogP contribution in [0.5, 0.6) is 0 Å². The monoisotopic (exact) mass is 571 g/mol. The van der Waals surface area contributed by atoms with E-state index in [9.17, 15) is 28.9 Å². The number of carboxylic acid groups (broad SMARTS) is 1. The normalized spacial score (nSPS) is 29.8. The molecule has 4 heterocycles. The number of aromatic nitrogens is 3. The number of amides is 1. The fourth-order valence-corrected chi connectivity index (χ4v) is 5.58. The Labute approximate surface area is 226 Å². The quantitative estimate of drug-likeness (QED) is 0.379. The second-order valence-electron chi connectivity index (χ2n) is 9.99. The Balaban J connectivity index is 1.27. The van der Waals surface area contributed by atoms with Gasteiger partial charge in [-0.2, -0.15) is 0 Å². The van der Waals surface area contributed by atoms with Crippen molar-refractivity contribution in [2.75, 3.05) is 19.7 Å². The number of aliphatic hydroxyl groups excluding tert-OH is 3. The van der Waals surface area contributed by atoms with Gasteiger partial charge >= 0.3 is 6.09 Å². The molecule has 39 heavy (non-hydrogen) atoms. The van der Waals surface area contributed by atoms with Gasteiger partial charge in [0.05, 0.1) is 29.6 Å². The van der Waals surface area contributed by atoms with Crippen molar-refractivity contribution in [1.29, 1.82) is 0 Å². The van der Waals surface area contributed by atoms with Crippen molar-refractivity contribution < 1.29 is 43.6 Å². The van der Waals surface area contributed by atoms with Gasteiger partial charge in [-0.25, -0.2) is 18.3 Å². The van der Waals surface area contributed by atoms with Gasteiger partial charge in [-0.15, -0.1) is 5.10 Å². The van der Waals surface area contributed by atoms with Crippen LogP contribution in [-0.4, -0.2) is 102 Å². The highest BCUT2D eigenvalue weighted by atomic mass is 35.5. The van der Waals surface area contributed by atoms with Crippen LogP contribution < -0.4 is 0 Å². The molecule has 0 saturated carbocycles. The first-order chi connectivity index (χ1) is 18.7. The smallest absolute Gasteiger partial charge is 0.407 e. The third-order valence-electron chi connectivity index (χ3n) is 7.58. The van der Waals surface area contributed by atoms with Crippen molar-refractivity contribution in [3.05, 3.63) is 35.0 Å². The van der Waals surface area contributed by atoms with Crippen LogP contribution in [0.2, 0.25) is 5.02 Å². The summed E-state index contributed by atoms with van der Waals surface area (Å²) < 4.78 is 35.3. The first-order valence-electron chi connectivity index (χ1n) is 12.6. The number of hydrogen-bond acceptors (Lipinski definition) is 9. The Hall–Kier alpha value is -2.91. The molecule has 5 rings (SSSR count). The zero-order valence-electron chi connectivity index (χ0n) is 20.6. The molecular formula is C24H28ClF2N5O7. The number of rotatable bonds is 6. The molecule has 1 aromatic heterocycles. The highest BCUT2D eigenvalue weighted by Gasteiger charge is 2.47. The molecule has 12 nitrogen and oxygen atoms in total. The van der Waals surface area contributed by atoms with Crippen molar-refractivity contribution in [3.63, 3.8) is 0 Å². The second-order valence-corrected chi connectivity index (χ2v) is 10.4. The molecule has 0 aliphatic carbocycles. The van der Waals surface area contributed by atoms with Crippen molar-refractivity contribution in [2.24, 2.45) is 11.1 Å². The van der Waals surface area contributed by atoms with Crippen LogP contribution in [0, 0.1) is 17.6 Å². The molecule has 212 valence electrons. The zero-order valence-corrected chi connectivity index (χ0v) is 21.4. The Bertz CT molecular complexity index is 1240. The number of carbonyl (C=O) groups is 1. The number of hydrogen-bond donors (Lipinski definition) is 4. The lowest BCUT2D eigenvalue weighted by Crippen LogP contribution is -2.56. The average molecular weight is 572 g/mol. The van der Waals surface area contributed by atoms with Crippen LogP contribution in [0.25, 0.3) is 11.3 Å². The van der Waals surface area contributed by atoms with Gasteiger partial charge in [0.2, 0.25) is 0 Å². The summed E-state index contributed by atoms with van der Waals surface area (Å²) in [5.74, 6) is -1.58. The predicted octanol–water partition coefficient (Wildman–Crippen LogP) is 1.82. The maximum atomic E-state index is 14.4. The number of aliphatic hydroxyl groups is 3. The van der Waals surface area contributed by atoms with Gasteiger partial charge in [0.1, 0.15) is 47.8 Å². The minimum Gasteiger partial charge on any atom is -0.465 e. The first-order valence-corrected chi connectivity index (χ1v) is 12.9. The standard InChI is InChI=1S/C24H28ClF2N5O7/c25-14-8-15(26)13(7-16(14)27)18-9-32(30-28-18)21-22(34)19(38-20(10-33)23(21)35)6-12-5-17(29-39-12)11-1-3-31(4-2-11)24(36)37/h7-9,11-12,19-23,33-35H,1-6,10H2,(H,36,37)/t12?,19-,20-,21-,22+,23+/m1/s1. The van der Waals surface area contributed by atoms with Crippen LogP contribution in [-0.2, 0) is 9.57 Å². The van der Waals surface area contributed by atoms with Gasteiger partial charge in [-0.1, -0.05) is 22.0 Å². The van der Waals surface area contributed by atoms with E-state index in [4.69, 9.17) is 26.3 Å². The molecule has 6 atom stereocenters. The van der Waals surface area contributed by atoms with Crippen LogP contribution in [0.4, 0.5) is 13.6 Å². The molecule has 3 aliphatic heterocycles. The van der Waals surface area contributed by atoms with Crippen molar-refractivity contribution in [3.8, 4) is 11.3 Å². The third-order valence-corrected chi connectivity index (χ3v) is 7.87. The van der Waals surface area contributed by atoms with E-state index < -0.39 is 60.9 Å². The van der Waals surface area contributed by atoms with E-state index in [-0.39, 0.29) is 28.6 Å². The van der Waals surface area contributed by atoms with E-state index in [0.29, 0.717) is 32.4 Å². The summed E-state index contributed by atoms with van der Waals surface area (Å²) >= 11 is 5.63. The van der Waals surface area contributed by atoms with Crippen molar-refractivity contribution in [2.45, 2.75) is 62.2 Å². The van der Waals surface area contributed by atoms with Crippen LogP contribution in [0.1, 0.15) is 31.7 Å². The lowest BCUT2D eigenvalue weighted by Gasteiger charge is -2.42. The van der Waals surface area contributed by atoms with Gasteiger partial charge in [-0.3, -0.25) is 0 Å². The molecule has 4 N–H and O–H groups in total. The molecule has 2 aromatic rings. The Morgan fingerprint density at radius 1 is 1.13 bits per heavy atom. The van der Waals surface area contributed by atoms with E-state index in [1.807, 2.05) is 0 Å². The summed E-state index contributed by atoms with van der Waals surface area (Å²) in [6, 6.07) is 0.571. The molecule has 1 amide bonds. The van der Waals surface area contributed by atoms with Gasteiger partial charge < -0.3 is 34.9 Å². The number of halogens is 3. The van der Waals surface area contributed by atoms with Gasteiger partial charge in [-0.05, 0) is 25.0 Å². The number of piperidine rings is 1. The van der Waals surface area contributed by atoms with Gasteiger partial charge in [0.25, 0.3) is 0 Å². The van der Waals surface area contributed by atoms with Crippen LogP contribution >= 0.6 is 11.6 Å². The van der Waals surface area contributed by atoms with Gasteiger partial charge in [0, 0.05) is 37.4 Å². The molecule has 1 unspecified atom stereocenters. The molecule has 3 aliphatic rings. The number of likely N-dealkylation sites (tertiary alicyclic amines) is 1. The Kier molecular flexibility index (Phi) is 8.01. The molecule has 15 heteroatoms. The summed E-state index contributed by atoms with van der Waals surface area (Å²) in [7, 11) is 0. The highest BCUT2D eigenvalue weighted by molar-refractivity contribution is 6.30. The van der Waals surface area contributed by atoms with Gasteiger partial charge in [0.15, 0.2) is 0 Å². The van der Waals surface area contributed by atoms with E-state index in [1.165, 1.54) is 11.1 Å². The number of oxime groups is 1. The SMILES string of the molecule is O=C(O)N1CCC(C2=NOC(C[C@H]3O[C@H](CO)[C@H](O)[C@H](n4cc(-c5cc(F)c(Cl)cc5F)nn4)[C@H]3O)C2)CC1. The summed E-state index contributed by atoms with van der Waals surface area (Å²) in [5.41, 5.74) is 0.577. The van der Waals surface area contributed by atoms with Crippen molar-refractivity contribution >= 4 is 23.4 Å². The largest absolute Gasteiger partial charge is 0.465 e. The van der Waals surface area contributed by atoms with E-state index in [2.05, 4.69) is 15.5 Å². The van der Waals surface area contributed by atoms with E-state index in [1.54, 1.807) is 0 Å². The van der Waals surface area contributed by atoms with Crippen LogP contribution in [0.15, 0.2) is 23.5 Å². The minimum absolute atomic E-state index is 0.0443. The molecule has 1 aromatic carbocycles. The molecule has 2 saturated heterocycles. The van der Waals surface area contributed by atoms with Crippen LogP contribution in [0.3, 0.4) is 0 Å². The average Bonchev–Trinajstić information content (AvgIpc) is 3.58. The van der Waals surface area contributed by atoms with E-state index >= 15 is 0 Å². The predicted molar refractivity (Wildman–Crippen MR) is 131 cm³/mol. The lowest BCUT2D eigenvalue weighted by molar-refractivity contribution is -0.212.